The zero-order valence-corrected chi connectivity index (χ0v) is 14.9. The van der Waals surface area contributed by atoms with Crippen molar-refractivity contribution < 1.29 is 9.53 Å². The molecule has 132 valence electrons. The van der Waals surface area contributed by atoms with Crippen LogP contribution in [0.1, 0.15) is 52.4 Å². The third kappa shape index (κ3) is 3.03. The number of likely N-dealkylation sites (tertiary alicyclic amines) is 1. The fraction of sp³-hybridized carbons (Fsp3) is 0.944. The van der Waals surface area contributed by atoms with Gasteiger partial charge >= 0.3 is 5.97 Å². The van der Waals surface area contributed by atoms with Gasteiger partial charge in [-0.3, -0.25) is 14.6 Å². The molecule has 0 bridgehead atoms. The zero-order valence-electron chi connectivity index (χ0n) is 14.9. The van der Waals surface area contributed by atoms with Gasteiger partial charge in [0, 0.05) is 30.7 Å². The van der Waals surface area contributed by atoms with Gasteiger partial charge in [-0.05, 0) is 45.1 Å². The van der Waals surface area contributed by atoms with Crippen LogP contribution in [0.3, 0.4) is 0 Å². The number of rotatable bonds is 7. The molecule has 0 spiro atoms. The summed E-state index contributed by atoms with van der Waals surface area (Å²) in [5, 5.41) is 0. The highest BCUT2D eigenvalue weighted by molar-refractivity contribution is 5.80. The average Bonchev–Trinajstić information content (AvgIpc) is 3.14. The summed E-state index contributed by atoms with van der Waals surface area (Å²) in [6.45, 7) is 6.59. The van der Waals surface area contributed by atoms with Gasteiger partial charge in [0.15, 0.2) is 0 Å². The number of esters is 1. The first kappa shape index (κ1) is 17.2. The highest BCUT2D eigenvalue weighted by atomic mass is 16.5. The predicted octanol–water partition coefficient (Wildman–Crippen LogP) is 1.60. The molecule has 3 aliphatic heterocycles. The van der Waals surface area contributed by atoms with Crippen LogP contribution in [0.4, 0.5) is 0 Å². The Balaban J connectivity index is 1.62. The van der Waals surface area contributed by atoms with Gasteiger partial charge in [0.2, 0.25) is 0 Å². The lowest BCUT2D eigenvalue weighted by atomic mass is 9.82. The molecule has 0 aromatic rings. The molecule has 5 heteroatoms. The molecule has 3 saturated heterocycles. The van der Waals surface area contributed by atoms with Crippen LogP contribution in [-0.2, 0) is 9.53 Å². The van der Waals surface area contributed by atoms with Crippen LogP contribution in [0.2, 0.25) is 0 Å². The molecule has 3 rings (SSSR count). The van der Waals surface area contributed by atoms with E-state index < -0.39 is 0 Å². The number of ether oxygens (including phenoxy) is 1. The lowest BCUT2D eigenvalue weighted by Crippen LogP contribution is -2.55. The number of nitrogens with zero attached hydrogens (tertiary/aromatic N) is 2. The first-order chi connectivity index (χ1) is 11.1. The lowest BCUT2D eigenvalue weighted by molar-refractivity contribution is -0.141. The van der Waals surface area contributed by atoms with E-state index >= 15 is 0 Å². The number of carbonyl (C=O) groups excluding carboxylic acids is 1. The largest absolute Gasteiger partial charge is 0.468 e. The second-order valence-electron chi connectivity index (χ2n) is 7.59. The van der Waals surface area contributed by atoms with E-state index in [1.807, 2.05) is 0 Å². The summed E-state index contributed by atoms with van der Waals surface area (Å²) in [4.78, 5) is 17.0. The van der Waals surface area contributed by atoms with E-state index in [2.05, 4.69) is 23.6 Å². The maximum atomic E-state index is 11.8. The maximum absolute atomic E-state index is 11.8. The summed E-state index contributed by atoms with van der Waals surface area (Å²) in [6, 6.07) is 2.33. The van der Waals surface area contributed by atoms with Crippen LogP contribution in [0.25, 0.3) is 0 Å². The van der Waals surface area contributed by atoms with Crippen LogP contribution < -0.4 is 5.73 Å². The first-order valence-electron chi connectivity index (χ1n) is 9.45. The maximum Gasteiger partial charge on any atom is 0.324 e. The Kier molecular flexibility index (Phi) is 5.29. The van der Waals surface area contributed by atoms with E-state index in [4.69, 9.17) is 10.5 Å². The minimum Gasteiger partial charge on any atom is -0.468 e. The normalized spacial score (nSPS) is 40.3. The van der Waals surface area contributed by atoms with Crippen molar-refractivity contribution in [3.05, 3.63) is 0 Å². The Bertz CT molecular complexity index is 430. The fourth-order valence-corrected chi connectivity index (χ4v) is 5.29. The molecule has 23 heavy (non-hydrogen) atoms. The molecule has 0 aromatic carbocycles. The Morgan fingerprint density at radius 2 is 2.13 bits per heavy atom. The van der Waals surface area contributed by atoms with E-state index in [1.165, 1.54) is 32.8 Å². The van der Waals surface area contributed by atoms with Gasteiger partial charge in [0.1, 0.15) is 6.04 Å². The molecule has 3 heterocycles. The van der Waals surface area contributed by atoms with Gasteiger partial charge in [-0.25, -0.2) is 0 Å². The number of hydrogen-bond donors (Lipinski definition) is 1. The molecule has 2 N–H and O–H groups in total. The highest BCUT2D eigenvalue weighted by Crippen LogP contribution is 2.51. The molecule has 0 amide bonds. The van der Waals surface area contributed by atoms with Crippen LogP contribution in [0.5, 0.6) is 0 Å². The summed E-state index contributed by atoms with van der Waals surface area (Å²) in [5.74, 6) is 0.670. The van der Waals surface area contributed by atoms with Crippen molar-refractivity contribution in [3.8, 4) is 0 Å². The van der Waals surface area contributed by atoms with Crippen molar-refractivity contribution in [3.63, 3.8) is 0 Å². The summed E-state index contributed by atoms with van der Waals surface area (Å²) < 4.78 is 4.95. The van der Waals surface area contributed by atoms with E-state index in [9.17, 15) is 4.79 Å². The number of nitrogens with two attached hydrogens (primary N) is 1. The van der Waals surface area contributed by atoms with Crippen molar-refractivity contribution in [1.29, 1.82) is 0 Å². The van der Waals surface area contributed by atoms with Crippen LogP contribution in [0.15, 0.2) is 0 Å². The van der Waals surface area contributed by atoms with Crippen molar-refractivity contribution in [2.24, 2.45) is 11.7 Å². The number of piperidine rings is 2. The van der Waals surface area contributed by atoms with Crippen LogP contribution in [-0.4, -0.2) is 66.2 Å². The number of hydrogen-bond acceptors (Lipinski definition) is 5. The third-order valence-electron chi connectivity index (χ3n) is 6.50. The van der Waals surface area contributed by atoms with Gasteiger partial charge in [-0.2, -0.15) is 0 Å². The number of carbonyl (C=O) groups is 1. The fourth-order valence-electron chi connectivity index (χ4n) is 5.29. The predicted molar refractivity (Wildman–Crippen MR) is 91.1 cm³/mol. The molecule has 3 aliphatic rings. The molecule has 0 aromatic heterocycles. The molecular formula is C18H33N3O2. The minimum atomic E-state index is -0.0347. The SMILES string of the molecule is CCCCC(CCN)N1CC[C@@H]2[C@@H](CC3C(C(=O)OC)N32)[C@H]1C. The number of unbranched alkanes of at least 4 members (excludes halogenated alkanes) is 1. The zero-order chi connectivity index (χ0) is 16.6. The lowest BCUT2D eigenvalue weighted by Gasteiger charge is -2.46. The summed E-state index contributed by atoms with van der Waals surface area (Å²) >= 11 is 0. The van der Waals surface area contributed by atoms with Crippen molar-refractivity contribution >= 4 is 5.97 Å². The average molecular weight is 323 g/mol. The summed E-state index contributed by atoms with van der Waals surface area (Å²) in [5.41, 5.74) is 5.87. The second-order valence-corrected chi connectivity index (χ2v) is 7.59. The number of methoxy groups -OCH3 is 1. The van der Waals surface area contributed by atoms with Crippen molar-refractivity contribution in [2.45, 2.75) is 82.6 Å². The minimum absolute atomic E-state index is 0.0347. The van der Waals surface area contributed by atoms with Crippen LogP contribution >= 0.6 is 0 Å². The third-order valence-corrected chi connectivity index (χ3v) is 6.50. The van der Waals surface area contributed by atoms with Gasteiger partial charge in [0.05, 0.1) is 7.11 Å². The van der Waals surface area contributed by atoms with E-state index in [-0.39, 0.29) is 12.0 Å². The Labute approximate surface area is 140 Å². The number of fused-ring (bicyclic) bond motifs is 3. The molecule has 4 unspecified atom stereocenters. The van der Waals surface area contributed by atoms with Gasteiger partial charge in [-0.15, -0.1) is 0 Å². The van der Waals surface area contributed by atoms with E-state index in [0.29, 0.717) is 30.1 Å². The van der Waals surface area contributed by atoms with E-state index in [0.717, 1.165) is 25.9 Å². The smallest absolute Gasteiger partial charge is 0.324 e. The monoisotopic (exact) mass is 323 g/mol. The quantitative estimate of drug-likeness (QED) is 0.570. The second kappa shape index (κ2) is 7.08. The van der Waals surface area contributed by atoms with Gasteiger partial charge < -0.3 is 10.5 Å². The Hall–Kier alpha value is -0.650. The summed E-state index contributed by atoms with van der Waals surface area (Å²) in [6.07, 6.45) is 7.28. The Morgan fingerprint density at radius 3 is 2.78 bits per heavy atom. The molecule has 0 radical (unpaired) electrons. The molecule has 5 nitrogen and oxygen atoms in total. The summed E-state index contributed by atoms with van der Waals surface area (Å²) in [7, 11) is 1.51. The Morgan fingerprint density at radius 1 is 1.35 bits per heavy atom. The molecule has 3 fully saturated rings. The first-order valence-corrected chi connectivity index (χ1v) is 9.45. The van der Waals surface area contributed by atoms with Gasteiger partial charge in [0.25, 0.3) is 0 Å². The highest BCUT2D eigenvalue weighted by Gasteiger charge is 2.65. The van der Waals surface area contributed by atoms with Crippen LogP contribution in [0, 0.1) is 5.92 Å². The topological polar surface area (TPSA) is 58.6 Å². The molecule has 0 aliphatic carbocycles. The van der Waals surface area contributed by atoms with E-state index in [1.54, 1.807) is 0 Å². The van der Waals surface area contributed by atoms with Crippen molar-refractivity contribution in [2.75, 3.05) is 20.2 Å². The van der Waals surface area contributed by atoms with Gasteiger partial charge in [-0.1, -0.05) is 19.8 Å². The molecule has 0 saturated carbocycles. The molecular weight excluding hydrogens is 290 g/mol. The molecule has 7 atom stereocenters. The standard InChI is InChI=1S/C18H33N3O2/c1-4-5-6-13(7-9-19)20-10-8-15-14(12(20)2)11-16-17(21(15)16)18(22)23-3/h12-17H,4-11,19H2,1-3H3/t12-,13?,14+,15-,16?,17?,21?/m1/s1. The van der Waals surface area contributed by atoms with Crippen molar-refractivity contribution in [1.82, 2.24) is 9.80 Å².